The molecule has 10 heteroatoms. The minimum absolute atomic E-state index is 0.238. The lowest BCUT2D eigenvalue weighted by Crippen LogP contribution is -2.28. The van der Waals surface area contributed by atoms with Crippen LogP contribution in [0, 0.1) is 0 Å². The van der Waals surface area contributed by atoms with Gasteiger partial charge in [0.2, 0.25) is 5.89 Å². The molecule has 6 rings (SSSR count). The van der Waals surface area contributed by atoms with Gasteiger partial charge in [-0.15, -0.1) is 22.0 Å². The molecule has 4 heterocycles. The van der Waals surface area contributed by atoms with Crippen LogP contribution in [0.15, 0.2) is 64.0 Å². The number of anilines is 1. The maximum atomic E-state index is 6.14. The van der Waals surface area contributed by atoms with Crippen LogP contribution in [0.2, 0.25) is 0 Å². The van der Waals surface area contributed by atoms with Crippen molar-refractivity contribution in [2.24, 2.45) is 0 Å². The number of thioether (sulfide) groups is 1. The van der Waals surface area contributed by atoms with Gasteiger partial charge in [0.25, 0.3) is 5.89 Å². The Morgan fingerprint density at radius 1 is 0.892 bits per heavy atom. The third-order valence-electron chi connectivity index (χ3n) is 6.49. The quantitative estimate of drug-likeness (QED) is 0.352. The van der Waals surface area contributed by atoms with Crippen molar-refractivity contribution >= 4 is 17.6 Å². The first kappa shape index (κ1) is 24.1. The average molecular weight is 517 g/mol. The molecule has 2 aliphatic rings. The van der Waals surface area contributed by atoms with Gasteiger partial charge in [0, 0.05) is 47.1 Å². The average Bonchev–Trinajstić information content (AvgIpc) is 3.72. The fourth-order valence-corrected chi connectivity index (χ4v) is 5.41. The Hall–Kier alpha value is -3.31. The van der Waals surface area contributed by atoms with Crippen molar-refractivity contribution in [1.29, 1.82) is 0 Å². The third-order valence-corrected chi connectivity index (χ3v) is 7.74. The van der Waals surface area contributed by atoms with Gasteiger partial charge < -0.3 is 24.9 Å². The fourth-order valence-electron chi connectivity index (χ4n) is 4.36. The number of nitrogens with one attached hydrogen (secondary N) is 1. The van der Waals surface area contributed by atoms with Crippen molar-refractivity contribution in [3.05, 3.63) is 60.3 Å². The molecule has 37 heavy (non-hydrogen) atoms. The van der Waals surface area contributed by atoms with Gasteiger partial charge in [-0.05, 0) is 42.7 Å². The molecule has 0 aliphatic carbocycles. The Labute approximate surface area is 219 Å². The number of nitrogens with zero attached hydrogens (tertiary/aromatic N) is 4. The highest BCUT2D eigenvalue weighted by Crippen LogP contribution is 2.31. The Morgan fingerprint density at radius 2 is 1.65 bits per heavy atom. The molecule has 190 valence electrons. The van der Waals surface area contributed by atoms with Crippen LogP contribution in [0.25, 0.3) is 34.3 Å². The third kappa shape index (κ3) is 5.67. The van der Waals surface area contributed by atoms with E-state index < -0.39 is 0 Å². The zero-order chi connectivity index (χ0) is 25.0. The Kier molecular flexibility index (Phi) is 7.13. The van der Waals surface area contributed by atoms with Crippen molar-refractivity contribution in [3.8, 4) is 34.3 Å². The summed E-state index contributed by atoms with van der Waals surface area (Å²) in [5.41, 5.74) is 10.1. The summed E-state index contributed by atoms with van der Waals surface area (Å²) in [4.78, 5) is 10.2. The second-order valence-electron chi connectivity index (χ2n) is 9.17. The van der Waals surface area contributed by atoms with Gasteiger partial charge in [-0.1, -0.05) is 24.3 Å². The van der Waals surface area contributed by atoms with Crippen molar-refractivity contribution < 1.29 is 13.9 Å². The number of hydrogen-bond donors (Lipinski definition) is 2. The lowest BCUT2D eigenvalue weighted by molar-refractivity contribution is 0.190. The summed E-state index contributed by atoms with van der Waals surface area (Å²) in [5.74, 6) is 0.884. The zero-order valence-electron chi connectivity index (χ0n) is 20.3. The van der Waals surface area contributed by atoms with E-state index in [1.54, 1.807) is 6.20 Å². The first-order chi connectivity index (χ1) is 18.2. The Morgan fingerprint density at radius 3 is 2.41 bits per heavy atom. The molecule has 2 aromatic heterocycles. The first-order valence-electron chi connectivity index (χ1n) is 12.4. The van der Waals surface area contributed by atoms with Gasteiger partial charge in [-0.2, -0.15) is 0 Å². The number of aromatic nitrogens is 4. The molecule has 2 aromatic carbocycles. The molecule has 0 radical (unpaired) electrons. The van der Waals surface area contributed by atoms with E-state index in [-0.39, 0.29) is 11.7 Å². The molecule has 9 nitrogen and oxygen atoms in total. The van der Waals surface area contributed by atoms with Gasteiger partial charge in [0.15, 0.2) is 11.5 Å². The van der Waals surface area contributed by atoms with E-state index in [1.807, 2.05) is 36.0 Å². The number of nitrogen functional groups attached to an aromatic ring is 1. The van der Waals surface area contributed by atoms with Crippen LogP contribution in [0.4, 0.5) is 5.82 Å². The number of nitrogens with two attached hydrogens (primary N) is 1. The molecule has 4 aromatic rings. The second kappa shape index (κ2) is 11.0. The Bertz CT molecular complexity index is 1330. The summed E-state index contributed by atoms with van der Waals surface area (Å²) < 4.78 is 16.8. The van der Waals surface area contributed by atoms with Gasteiger partial charge in [-0.25, -0.2) is 9.97 Å². The van der Waals surface area contributed by atoms with E-state index >= 15 is 0 Å². The SMILES string of the molecule is Nc1ncc(-c2ccc(SC3CCOC3)cc2)nc1-c1nnc(-c2ccc(CNC3CCOC3)cc2)o1. The highest BCUT2D eigenvalue weighted by molar-refractivity contribution is 8.00. The number of rotatable bonds is 8. The molecule has 2 aliphatic heterocycles. The Balaban J connectivity index is 1.15. The summed E-state index contributed by atoms with van der Waals surface area (Å²) >= 11 is 1.84. The van der Waals surface area contributed by atoms with Crippen LogP contribution in [-0.2, 0) is 16.0 Å². The van der Waals surface area contributed by atoms with Crippen LogP contribution in [0.5, 0.6) is 0 Å². The largest absolute Gasteiger partial charge is 0.414 e. The van der Waals surface area contributed by atoms with Crippen molar-refractivity contribution in [3.63, 3.8) is 0 Å². The normalized spacial score (nSPS) is 19.5. The molecule has 2 unspecified atom stereocenters. The minimum Gasteiger partial charge on any atom is -0.414 e. The zero-order valence-corrected chi connectivity index (χ0v) is 21.1. The van der Waals surface area contributed by atoms with E-state index in [4.69, 9.17) is 24.6 Å². The molecule has 2 fully saturated rings. The molecular weight excluding hydrogens is 488 g/mol. The molecule has 0 saturated carbocycles. The molecule has 0 bridgehead atoms. The van der Waals surface area contributed by atoms with Crippen LogP contribution in [0.1, 0.15) is 18.4 Å². The van der Waals surface area contributed by atoms with Gasteiger partial charge >= 0.3 is 0 Å². The molecule has 2 saturated heterocycles. The lowest BCUT2D eigenvalue weighted by atomic mass is 10.1. The van der Waals surface area contributed by atoms with Gasteiger partial charge in [0.1, 0.15) is 0 Å². The summed E-state index contributed by atoms with van der Waals surface area (Å²) in [6.45, 7) is 4.04. The molecular formula is C27H28N6O3S. The van der Waals surface area contributed by atoms with Crippen molar-refractivity contribution in [2.75, 3.05) is 32.2 Å². The molecule has 3 N–H and O–H groups in total. The standard InChI is InChI=1S/C27H28N6O3S/c28-25-24(31-23(14-30-25)18-5-7-21(8-6-18)37-22-10-12-35-16-22)27-33-32-26(36-27)19-3-1-17(2-4-19)13-29-20-9-11-34-15-20/h1-8,14,20,22,29H,9-13,15-16H2,(H2,28,30). The monoisotopic (exact) mass is 516 g/mol. The smallest absolute Gasteiger partial charge is 0.270 e. The van der Waals surface area contributed by atoms with Gasteiger partial charge in [0.05, 0.1) is 25.1 Å². The predicted molar refractivity (Wildman–Crippen MR) is 142 cm³/mol. The maximum Gasteiger partial charge on any atom is 0.270 e. The fraction of sp³-hybridized carbons (Fsp3) is 0.333. The summed E-state index contributed by atoms with van der Waals surface area (Å²) in [6, 6.07) is 16.8. The van der Waals surface area contributed by atoms with E-state index in [0.29, 0.717) is 28.6 Å². The first-order valence-corrected chi connectivity index (χ1v) is 13.3. The highest BCUT2D eigenvalue weighted by atomic mass is 32.2. The highest BCUT2D eigenvalue weighted by Gasteiger charge is 2.19. The summed E-state index contributed by atoms with van der Waals surface area (Å²) in [6.07, 6.45) is 3.80. The number of ether oxygens (including phenoxy) is 2. The van der Waals surface area contributed by atoms with Crippen molar-refractivity contribution in [1.82, 2.24) is 25.5 Å². The maximum absolute atomic E-state index is 6.14. The van der Waals surface area contributed by atoms with E-state index in [0.717, 1.165) is 56.9 Å². The van der Waals surface area contributed by atoms with E-state index in [9.17, 15) is 0 Å². The van der Waals surface area contributed by atoms with E-state index in [1.165, 1.54) is 10.5 Å². The minimum atomic E-state index is 0.238. The van der Waals surface area contributed by atoms with Crippen LogP contribution in [-0.4, -0.2) is 57.9 Å². The number of hydrogen-bond acceptors (Lipinski definition) is 10. The second-order valence-corrected chi connectivity index (χ2v) is 10.5. The lowest BCUT2D eigenvalue weighted by Gasteiger charge is -2.10. The number of benzene rings is 2. The topological polar surface area (TPSA) is 121 Å². The van der Waals surface area contributed by atoms with Crippen molar-refractivity contribution in [2.45, 2.75) is 35.6 Å². The summed E-state index contributed by atoms with van der Waals surface area (Å²) in [7, 11) is 0. The molecule has 2 atom stereocenters. The van der Waals surface area contributed by atoms with E-state index in [2.05, 4.69) is 44.8 Å². The molecule has 0 amide bonds. The van der Waals surface area contributed by atoms with Crippen LogP contribution < -0.4 is 11.1 Å². The van der Waals surface area contributed by atoms with Gasteiger partial charge in [-0.3, -0.25) is 0 Å². The predicted octanol–water partition coefficient (Wildman–Crippen LogP) is 4.20. The summed E-state index contributed by atoms with van der Waals surface area (Å²) in [5, 5.41) is 12.4. The van der Waals surface area contributed by atoms with Crippen LogP contribution >= 0.6 is 11.8 Å². The van der Waals surface area contributed by atoms with Crippen LogP contribution in [0.3, 0.4) is 0 Å². The molecule has 0 spiro atoms.